The van der Waals surface area contributed by atoms with Crippen LogP contribution in [0, 0.1) is 34.5 Å². The van der Waals surface area contributed by atoms with Crippen molar-refractivity contribution in [3.05, 3.63) is 34.9 Å². The largest absolute Gasteiger partial charge is 0.479 e. The molecule has 6 nitrogen and oxygen atoms in total. The Kier molecular flexibility index (Phi) is 5.92. The van der Waals surface area contributed by atoms with Crippen LogP contribution in [0.15, 0.2) is 34.9 Å². The van der Waals surface area contributed by atoms with Crippen molar-refractivity contribution in [1.29, 1.82) is 0 Å². The van der Waals surface area contributed by atoms with Crippen LogP contribution in [0.4, 0.5) is 0 Å². The fourth-order valence-corrected chi connectivity index (χ4v) is 8.91. The summed E-state index contributed by atoms with van der Waals surface area (Å²) in [5, 5.41) is 31.3. The van der Waals surface area contributed by atoms with Gasteiger partial charge in [-0.05, 0) is 106 Å². The summed E-state index contributed by atoms with van der Waals surface area (Å²) in [6, 6.07) is 0. The number of carboxylic acids is 1. The minimum Gasteiger partial charge on any atom is -0.479 e. The molecule has 5 rings (SSSR count). The maximum absolute atomic E-state index is 12.1. The van der Waals surface area contributed by atoms with E-state index in [1.165, 1.54) is 23.6 Å². The molecule has 0 aromatic carbocycles. The lowest BCUT2D eigenvalue weighted by Crippen LogP contribution is -2.45. The number of hydrogen-bond donors (Lipinski definition) is 3. The summed E-state index contributed by atoms with van der Waals surface area (Å²) in [6.07, 6.45) is 12.1. The monoisotopic (exact) mass is 498 g/mol. The molecule has 2 fully saturated rings. The first kappa shape index (κ1) is 25.7. The molecular formula is C30H42O6. The Morgan fingerprint density at radius 2 is 1.81 bits per heavy atom. The van der Waals surface area contributed by atoms with Gasteiger partial charge in [0.15, 0.2) is 5.60 Å². The summed E-state index contributed by atoms with van der Waals surface area (Å²) >= 11 is 0. The van der Waals surface area contributed by atoms with E-state index in [4.69, 9.17) is 4.74 Å². The Morgan fingerprint density at radius 3 is 2.50 bits per heavy atom. The molecule has 0 aromatic heterocycles. The quantitative estimate of drug-likeness (QED) is 0.476. The van der Waals surface area contributed by atoms with Crippen LogP contribution in [-0.4, -0.2) is 44.6 Å². The number of aliphatic carboxylic acids is 1. The van der Waals surface area contributed by atoms with Crippen molar-refractivity contribution in [1.82, 2.24) is 0 Å². The summed E-state index contributed by atoms with van der Waals surface area (Å²) in [7, 11) is 0. The van der Waals surface area contributed by atoms with Crippen LogP contribution in [0.2, 0.25) is 0 Å². The van der Waals surface area contributed by atoms with Crippen molar-refractivity contribution in [2.24, 2.45) is 34.5 Å². The molecule has 8 atom stereocenters. The highest BCUT2D eigenvalue weighted by molar-refractivity contribution is 5.83. The number of carboxylic acid groups (broad SMARTS) is 1. The minimum atomic E-state index is -1.81. The first-order valence-corrected chi connectivity index (χ1v) is 13.7. The van der Waals surface area contributed by atoms with Crippen LogP contribution in [0.25, 0.3) is 0 Å². The van der Waals surface area contributed by atoms with Gasteiger partial charge in [-0.2, -0.15) is 0 Å². The molecule has 5 aliphatic rings. The van der Waals surface area contributed by atoms with Crippen molar-refractivity contribution >= 4 is 11.9 Å². The van der Waals surface area contributed by atoms with Crippen molar-refractivity contribution < 1.29 is 29.6 Å². The molecule has 0 bridgehead atoms. The van der Waals surface area contributed by atoms with Gasteiger partial charge in [0.2, 0.25) is 0 Å². The van der Waals surface area contributed by atoms with Gasteiger partial charge in [-0.25, -0.2) is 9.59 Å². The Morgan fingerprint density at radius 1 is 1.08 bits per heavy atom. The highest BCUT2D eigenvalue weighted by Gasteiger charge is 2.62. The predicted octanol–water partition coefficient (Wildman–Crippen LogP) is 4.95. The smallest absolute Gasteiger partial charge is 0.335 e. The number of rotatable bonds is 3. The number of aliphatic hydroxyl groups is 2. The third kappa shape index (κ3) is 3.65. The average molecular weight is 499 g/mol. The molecule has 0 radical (unpaired) electrons. The van der Waals surface area contributed by atoms with Crippen molar-refractivity contribution in [2.75, 3.05) is 0 Å². The van der Waals surface area contributed by atoms with E-state index in [-0.39, 0.29) is 28.6 Å². The van der Waals surface area contributed by atoms with Gasteiger partial charge >= 0.3 is 11.9 Å². The summed E-state index contributed by atoms with van der Waals surface area (Å²) in [6.45, 7) is 10.2. The zero-order valence-corrected chi connectivity index (χ0v) is 22.3. The molecule has 4 aliphatic carbocycles. The van der Waals surface area contributed by atoms with Gasteiger partial charge in [-0.1, -0.05) is 31.6 Å². The topological polar surface area (TPSA) is 104 Å². The Balaban J connectivity index is 1.46. The van der Waals surface area contributed by atoms with E-state index in [1.807, 2.05) is 19.9 Å². The molecule has 0 saturated heterocycles. The van der Waals surface area contributed by atoms with Crippen LogP contribution in [0.5, 0.6) is 0 Å². The van der Waals surface area contributed by atoms with E-state index in [9.17, 15) is 24.9 Å². The highest BCUT2D eigenvalue weighted by Crippen LogP contribution is 2.69. The van der Waals surface area contributed by atoms with Crippen molar-refractivity contribution in [3.63, 3.8) is 0 Å². The van der Waals surface area contributed by atoms with E-state index in [0.29, 0.717) is 18.8 Å². The lowest BCUT2D eigenvalue weighted by molar-refractivity contribution is -0.162. The standard InChI is InChI=1S/C30H42O6/c1-27(2)21-7-8-22-18(14-17(21)6-9-25(32)36-27)10-12-29(4)23(11-13-28(22,29)3)20-15-19(16-24(20)31)30(5,35)26(33)34/h6,9,14,19-21,23-24,31,35H,7-8,10-13,15-16H2,1-5H3,(H,33,34). The van der Waals surface area contributed by atoms with Gasteiger partial charge in [0.05, 0.1) is 6.10 Å². The summed E-state index contributed by atoms with van der Waals surface area (Å²) in [5.41, 5.74) is 1.74. The average Bonchev–Trinajstić information content (AvgIpc) is 3.16. The first-order valence-electron chi connectivity index (χ1n) is 13.7. The predicted molar refractivity (Wildman–Crippen MR) is 136 cm³/mol. The number of carbonyl (C=O) groups is 2. The van der Waals surface area contributed by atoms with Crippen LogP contribution in [0.1, 0.15) is 86.0 Å². The third-order valence-electron chi connectivity index (χ3n) is 11.4. The van der Waals surface area contributed by atoms with Crippen LogP contribution < -0.4 is 0 Å². The second-order valence-electron chi connectivity index (χ2n) is 13.3. The molecule has 36 heavy (non-hydrogen) atoms. The second-order valence-corrected chi connectivity index (χ2v) is 13.3. The van der Waals surface area contributed by atoms with Crippen molar-refractivity contribution in [2.45, 2.75) is 103 Å². The normalized spacial score (nSPS) is 43.4. The van der Waals surface area contributed by atoms with E-state index in [1.54, 1.807) is 6.08 Å². The number of allylic oxidation sites excluding steroid dienone is 4. The molecule has 0 aromatic rings. The van der Waals surface area contributed by atoms with Crippen LogP contribution >= 0.6 is 0 Å². The van der Waals surface area contributed by atoms with Gasteiger partial charge in [-0.3, -0.25) is 0 Å². The number of ether oxygens (including phenoxy) is 1. The van der Waals surface area contributed by atoms with Crippen LogP contribution in [-0.2, 0) is 14.3 Å². The molecule has 198 valence electrons. The summed E-state index contributed by atoms with van der Waals surface area (Å²) in [4.78, 5) is 23.8. The molecule has 1 aliphatic heterocycles. The number of cyclic esters (lactones) is 1. The fourth-order valence-electron chi connectivity index (χ4n) is 8.91. The fraction of sp³-hybridized carbons (Fsp3) is 0.733. The molecule has 8 unspecified atom stereocenters. The first-order chi connectivity index (χ1) is 16.7. The van der Waals surface area contributed by atoms with E-state index < -0.39 is 29.2 Å². The van der Waals surface area contributed by atoms with Crippen molar-refractivity contribution in [3.8, 4) is 0 Å². The number of aliphatic hydroxyl groups excluding tert-OH is 1. The maximum Gasteiger partial charge on any atom is 0.335 e. The number of esters is 1. The number of carbonyl (C=O) groups excluding carboxylic acids is 1. The lowest BCUT2D eigenvalue weighted by atomic mass is 9.52. The van der Waals surface area contributed by atoms with E-state index >= 15 is 0 Å². The molecule has 1 heterocycles. The maximum atomic E-state index is 12.1. The molecular weight excluding hydrogens is 456 g/mol. The molecule has 2 saturated carbocycles. The Bertz CT molecular complexity index is 1060. The van der Waals surface area contributed by atoms with Gasteiger partial charge in [0.1, 0.15) is 5.60 Å². The molecule has 0 amide bonds. The highest BCUT2D eigenvalue weighted by atomic mass is 16.6. The van der Waals surface area contributed by atoms with Crippen LogP contribution in [0.3, 0.4) is 0 Å². The van der Waals surface area contributed by atoms with Gasteiger partial charge in [-0.15, -0.1) is 0 Å². The van der Waals surface area contributed by atoms with Gasteiger partial charge < -0.3 is 20.1 Å². The molecule has 3 N–H and O–H groups in total. The van der Waals surface area contributed by atoms with E-state index in [2.05, 4.69) is 19.9 Å². The molecule has 0 spiro atoms. The zero-order valence-electron chi connectivity index (χ0n) is 22.3. The summed E-state index contributed by atoms with van der Waals surface area (Å²) < 4.78 is 5.78. The summed E-state index contributed by atoms with van der Waals surface area (Å²) in [5.74, 6) is -1.48. The van der Waals surface area contributed by atoms with E-state index in [0.717, 1.165) is 38.5 Å². The zero-order chi connectivity index (χ0) is 26.3. The molecule has 6 heteroatoms. The van der Waals surface area contributed by atoms with Gasteiger partial charge in [0, 0.05) is 17.9 Å². The minimum absolute atomic E-state index is 0.00350. The van der Waals surface area contributed by atoms with Gasteiger partial charge in [0.25, 0.3) is 0 Å². The Hall–Kier alpha value is -1.92. The SMILES string of the molecule is CC1(C)OC(=O)C=CC2=CC3=C(CCC21)C1(C)CCC(C2CC(C(C)(O)C(=O)O)CC2O)C1(C)CC3. The Labute approximate surface area is 214 Å². The lowest BCUT2D eigenvalue weighted by Gasteiger charge is -2.52. The number of hydrogen-bond acceptors (Lipinski definition) is 5. The second kappa shape index (κ2) is 8.29. The third-order valence-corrected chi connectivity index (χ3v) is 11.4. The number of fused-ring (bicyclic) bond motifs is 3.